The Morgan fingerprint density at radius 3 is 2.52 bits per heavy atom. The number of aliphatic imine (C=N–C) groups is 1. The van der Waals surface area contributed by atoms with Crippen molar-refractivity contribution < 1.29 is 14.3 Å². The summed E-state index contributed by atoms with van der Waals surface area (Å²) in [6.07, 6.45) is 0.788. The Labute approximate surface area is 185 Å². The first kappa shape index (κ1) is 24.1. The number of carbonyl (C=O) groups is 1. The van der Waals surface area contributed by atoms with Crippen LogP contribution in [0.4, 0.5) is 0 Å². The summed E-state index contributed by atoms with van der Waals surface area (Å²) in [5, 5.41) is 6.62. The van der Waals surface area contributed by atoms with Gasteiger partial charge >= 0.3 is 0 Å². The lowest BCUT2D eigenvalue weighted by Gasteiger charge is -2.13. The van der Waals surface area contributed by atoms with Gasteiger partial charge in [0.25, 0.3) is 5.91 Å². The third-order valence-electron chi connectivity index (χ3n) is 4.58. The van der Waals surface area contributed by atoms with E-state index in [4.69, 9.17) is 9.47 Å². The standard InChI is InChI=1S/C24H34N4O3/c1-6-25-24(27-17-19-11-12-21(31-7-2)22(16-19)30-5)26-14-13-18-9-8-10-20(15-18)23(29)28(3)4/h8-12,15-16H,6-7,13-14,17H2,1-5H3,(H2,25,26,27). The highest BCUT2D eigenvalue weighted by molar-refractivity contribution is 5.94. The molecule has 7 nitrogen and oxygen atoms in total. The average Bonchev–Trinajstić information content (AvgIpc) is 2.78. The number of hydrogen-bond acceptors (Lipinski definition) is 4. The molecule has 2 aromatic rings. The summed E-state index contributed by atoms with van der Waals surface area (Å²) in [7, 11) is 5.16. The fraction of sp³-hybridized carbons (Fsp3) is 0.417. The Morgan fingerprint density at radius 2 is 1.84 bits per heavy atom. The van der Waals surface area contributed by atoms with Gasteiger partial charge < -0.3 is 25.0 Å². The van der Waals surface area contributed by atoms with Crippen LogP contribution >= 0.6 is 0 Å². The first-order valence-electron chi connectivity index (χ1n) is 10.6. The largest absolute Gasteiger partial charge is 0.493 e. The second-order valence-electron chi connectivity index (χ2n) is 7.19. The highest BCUT2D eigenvalue weighted by Gasteiger charge is 2.08. The van der Waals surface area contributed by atoms with E-state index in [1.165, 1.54) is 0 Å². The second-order valence-corrected chi connectivity index (χ2v) is 7.19. The zero-order valence-corrected chi connectivity index (χ0v) is 19.2. The topological polar surface area (TPSA) is 75.2 Å². The summed E-state index contributed by atoms with van der Waals surface area (Å²) in [6.45, 7) is 6.57. The maximum absolute atomic E-state index is 12.2. The van der Waals surface area contributed by atoms with Gasteiger partial charge in [-0.15, -0.1) is 0 Å². The molecule has 1 amide bonds. The smallest absolute Gasteiger partial charge is 0.253 e. The van der Waals surface area contributed by atoms with Gasteiger partial charge in [-0.25, -0.2) is 4.99 Å². The molecule has 0 aliphatic rings. The van der Waals surface area contributed by atoms with Gasteiger partial charge in [-0.3, -0.25) is 4.79 Å². The molecular weight excluding hydrogens is 392 g/mol. The Balaban J connectivity index is 1.98. The van der Waals surface area contributed by atoms with Crippen molar-refractivity contribution in [1.82, 2.24) is 15.5 Å². The maximum Gasteiger partial charge on any atom is 0.253 e. The van der Waals surface area contributed by atoms with E-state index < -0.39 is 0 Å². The van der Waals surface area contributed by atoms with Gasteiger partial charge in [-0.2, -0.15) is 0 Å². The summed E-state index contributed by atoms with van der Waals surface area (Å²) >= 11 is 0. The Bertz CT molecular complexity index is 881. The van der Waals surface area contributed by atoms with Gasteiger partial charge in [0.1, 0.15) is 0 Å². The fourth-order valence-electron chi connectivity index (χ4n) is 3.04. The van der Waals surface area contributed by atoms with Crippen molar-refractivity contribution in [3.8, 4) is 11.5 Å². The molecule has 2 N–H and O–H groups in total. The van der Waals surface area contributed by atoms with Crippen LogP contribution in [0.3, 0.4) is 0 Å². The lowest BCUT2D eigenvalue weighted by atomic mass is 10.1. The molecule has 0 spiro atoms. The molecule has 31 heavy (non-hydrogen) atoms. The Hall–Kier alpha value is -3.22. The minimum absolute atomic E-state index is 0.00972. The van der Waals surface area contributed by atoms with Crippen LogP contribution in [0, 0.1) is 0 Å². The number of nitrogens with zero attached hydrogens (tertiary/aromatic N) is 2. The highest BCUT2D eigenvalue weighted by Crippen LogP contribution is 2.28. The molecule has 0 aliphatic heterocycles. The number of methoxy groups -OCH3 is 1. The zero-order chi connectivity index (χ0) is 22.6. The van der Waals surface area contributed by atoms with E-state index in [-0.39, 0.29) is 5.91 Å². The van der Waals surface area contributed by atoms with Gasteiger partial charge in [-0.05, 0) is 55.7 Å². The van der Waals surface area contributed by atoms with Crippen molar-refractivity contribution in [2.45, 2.75) is 26.8 Å². The number of nitrogens with one attached hydrogen (secondary N) is 2. The van der Waals surface area contributed by atoms with Crippen LogP contribution in [0.25, 0.3) is 0 Å². The van der Waals surface area contributed by atoms with E-state index in [9.17, 15) is 4.79 Å². The van der Waals surface area contributed by atoms with Gasteiger partial charge in [-0.1, -0.05) is 18.2 Å². The van der Waals surface area contributed by atoms with Crippen molar-refractivity contribution in [3.05, 3.63) is 59.2 Å². The van der Waals surface area contributed by atoms with Gasteiger partial charge in [0.05, 0.1) is 20.3 Å². The molecule has 2 aromatic carbocycles. The first-order chi connectivity index (χ1) is 15.0. The number of guanidine groups is 1. The molecule has 0 fully saturated rings. The molecule has 0 saturated carbocycles. The number of amides is 1. The predicted octanol–water partition coefficient (Wildman–Crippen LogP) is 3.09. The van der Waals surface area contributed by atoms with Crippen LogP contribution in [0.1, 0.15) is 35.3 Å². The molecular formula is C24H34N4O3. The number of ether oxygens (including phenoxy) is 2. The van der Waals surface area contributed by atoms with Crippen LogP contribution in [0.2, 0.25) is 0 Å². The molecule has 0 radical (unpaired) electrons. The molecule has 0 unspecified atom stereocenters. The van der Waals surface area contributed by atoms with Crippen molar-refractivity contribution in [1.29, 1.82) is 0 Å². The van der Waals surface area contributed by atoms with Crippen LogP contribution in [0.15, 0.2) is 47.5 Å². The van der Waals surface area contributed by atoms with E-state index in [1.54, 1.807) is 26.1 Å². The quantitative estimate of drug-likeness (QED) is 0.451. The zero-order valence-electron chi connectivity index (χ0n) is 19.2. The summed E-state index contributed by atoms with van der Waals surface area (Å²) in [4.78, 5) is 18.4. The number of benzene rings is 2. The Morgan fingerprint density at radius 1 is 1.03 bits per heavy atom. The molecule has 2 rings (SSSR count). The van der Waals surface area contributed by atoms with E-state index in [2.05, 4.69) is 15.6 Å². The van der Waals surface area contributed by atoms with Crippen LogP contribution < -0.4 is 20.1 Å². The Kier molecular flexibility index (Phi) is 9.68. The molecule has 0 saturated heterocycles. The third kappa shape index (κ3) is 7.51. The van der Waals surface area contributed by atoms with Crippen LogP contribution in [-0.4, -0.2) is 57.7 Å². The lowest BCUT2D eigenvalue weighted by Crippen LogP contribution is -2.38. The SMILES string of the molecule is CCNC(=NCc1ccc(OCC)c(OC)c1)NCCc1cccc(C(=O)N(C)C)c1. The maximum atomic E-state index is 12.2. The predicted molar refractivity (Wildman–Crippen MR) is 125 cm³/mol. The molecule has 168 valence electrons. The summed E-state index contributed by atoms with van der Waals surface area (Å²) < 4.78 is 11.0. The van der Waals surface area contributed by atoms with Gasteiger partial charge in [0.2, 0.25) is 0 Å². The number of rotatable bonds is 10. The van der Waals surface area contributed by atoms with E-state index >= 15 is 0 Å². The van der Waals surface area contributed by atoms with Crippen molar-refractivity contribution in [2.75, 3.05) is 40.9 Å². The van der Waals surface area contributed by atoms with Crippen molar-refractivity contribution in [3.63, 3.8) is 0 Å². The minimum atomic E-state index is 0.00972. The van der Waals surface area contributed by atoms with Crippen LogP contribution in [0.5, 0.6) is 11.5 Å². The number of carbonyl (C=O) groups excluding carboxylic acids is 1. The van der Waals surface area contributed by atoms with Crippen molar-refractivity contribution in [2.24, 2.45) is 4.99 Å². The highest BCUT2D eigenvalue weighted by atomic mass is 16.5. The van der Waals surface area contributed by atoms with Gasteiger partial charge in [0, 0.05) is 32.7 Å². The minimum Gasteiger partial charge on any atom is -0.493 e. The third-order valence-corrected chi connectivity index (χ3v) is 4.58. The van der Waals surface area contributed by atoms with Gasteiger partial charge in [0.15, 0.2) is 17.5 Å². The van der Waals surface area contributed by atoms with E-state index in [1.807, 2.05) is 56.3 Å². The molecule has 0 heterocycles. The fourth-order valence-corrected chi connectivity index (χ4v) is 3.04. The summed E-state index contributed by atoms with van der Waals surface area (Å²) in [5.74, 6) is 2.20. The normalized spacial score (nSPS) is 11.1. The first-order valence-corrected chi connectivity index (χ1v) is 10.6. The summed E-state index contributed by atoms with van der Waals surface area (Å²) in [5.41, 5.74) is 2.84. The lowest BCUT2D eigenvalue weighted by molar-refractivity contribution is 0.0827. The molecule has 0 aliphatic carbocycles. The molecule has 0 aromatic heterocycles. The number of hydrogen-bond donors (Lipinski definition) is 2. The average molecular weight is 427 g/mol. The molecule has 0 bridgehead atoms. The van der Waals surface area contributed by atoms with E-state index in [0.29, 0.717) is 31.0 Å². The molecule has 0 atom stereocenters. The second kappa shape index (κ2) is 12.5. The van der Waals surface area contributed by atoms with Crippen molar-refractivity contribution >= 4 is 11.9 Å². The molecule has 7 heteroatoms. The monoisotopic (exact) mass is 426 g/mol. The summed E-state index contributed by atoms with van der Waals surface area (Å²) in [6, 6.07) is 13.6. The van der Waals surface area contributed by atoms with Crippen LogP contribution in [-0.2, 0) is 13.0 Å². The van der Waals surface area contributed by atoms with E-state index in [0.717, 1.165) is 35.8 Å².